The zero-order valence-corrected chi connectivity index (χ0v) is 10.1. The van der Waals surface area contributed by atoms with Crippen LogP contribution in [0.2, 0.25) is 0 Å². The van der Waals surface area contributed by atoms with Crippen LogP contribution in [0.4, 0.5) is 0 Å². The van der Waals surface area contributed by atoms with Gasteiger partial charge in [-0.3, -0.25) is 4.79 Å². The van der Waals surface area contributed by atoms with Gasteiger partial charge in [0.15, 0.2) is 0 Å². The second kappa shape index (κ2) is 6.24. The van der Waals surface area contributed by atoms with Gasteiger partial charge in [0.25, 0.3) is 0 Å². The van der Waals surface area contributed by atoms with Crippen LogP contribution in [0.25, 0.3) is 0 Å². The lowest BCUT2D eigenvalue weighted by Crippen LogP contribution is -2.48. The molecule has 0 unspecified atom stereocenters. The van der Waals surface area contributed by atoms with Crippen molar-refractivity contribution in [2.45, 2.75) is 44.9 Å². The van der Waals surface area contributed by atoms with Crippen molar-refractivity contribution in [1.82, 2.24) is 10.6 Å². The van der Waals surface area contributed by atoms with Gasteiger partial charge >= 0.3 is 0 Å². The zero-order valence-electron chi connectivity index (χ0n) is 10.1. The summed E-state index contributed by atoms with van der Waals surface area (Å²) in [4.78, 5) is 11.6. The van der Waals surface area contributed by atoms with E-state index < -0.39 is 0 Å². The van der Waals surface area contributed by atoms with Crippen LogP contribution in [0.5, 0.6) is 0 Å². The molecule has 1 saturated carbocycles. The van der Waals surface area contributed by atoms with Crippen LogP contribution in [0.3, 0.4) is 0 Å². The van der Waals surface area contributed by atoms with Crippen molar-refractivity contribution in [3.63, 3.8) is 0 Å². The molecule has 1 aliphatic carbocycles. The number of hydrogen-bond donors (Lipinski definition) is 2. The highest BCUT2D eigenvalue weighted by atomic mass is 16.1. The Morgan fingerprint density at radius 1 is 1.12 bits per heavy atom. The number of amides is 1. The second-order valence-corrected chi connectivity index (χ2v) is 5.37. The normalized spacial score (nSPS) is 22.8. The molecule has 1 amide bonds. The number of carbonyl (C=O) groups excluding carboxylic acids is 1. The molecule has 1 heterocycles. The molecule has 1 saturated heterocycles. The Morgan fingerprint density at radius 3 is 2.50 bits per heavy atom. The largest absolute Gasteiger partial charge is 0.356 e. The fourth-order valence-corrected chi connectivity index (χ4v) is 2.65. The lowest BCUT2D eigenvalue weighted by molar-refractivity contribution is -0.121. The van der Waals surface area contributed by atoms with E-state index in [0.29, 0.717) is 5.92 Å². The number of carbonyl (C=O) groups is 1. The minimum Gasteiger partial charge on any atom is -0.356 e. The molecule has 2 aliphatic rings. The second-order valence-electron chi connectivity index (χ2n) is 5.37. The first-order chi connectivity index (χ1) is 7.84. The lowest BCUT2D eigenvalue weighted by Gasteiger charge is -2.27. The highest BCUT2D eigenvalue weighted by molar-refractivity contribution is 5.75. The average Bonchev–Trinajstić information content (AvgIpc) is 2.26. The fourth-order valence-electron chi connectivity index (χ4n) is 2.65. The fraction of sp³-hybridized carbons (Fsp3) is 0.923. The summed E-state index contributed by atoms with van der Waals surface area (Å²) in [5.74, 6) is 1.76. The standard InChI is InChI=1S/C13H24N2O/c16-13(15-10-12-8-14-9-12)7-6-11-4-2-1-3-5-11/h11-12,14H,1-10H2,(H,15,16). The van der Waals surface area contributed by atoms with Crippen molar-refractivity contribution in [2.24, 2.45) is 11.8 Å². The number of hydrogen-bond acceptors (Lipinski definition) is 2. The molecular weight excluding hydrogens is 200 g/mol. The number of rotatable bonds is 5. The summed E-state index contributed by atoms with van der Waals surface area (Å²) in [6.07, 6.45) is 8.69. The van der Waals surface area contributed by atoms with E-state index in [-0.39, 0.29) is 5.91 Å². The van der Waals surface area contributed by atoms with E-state index in [4.69, 9.17) is 0 Å². The van der Waals surface area contributed by atoms with Crippen LogP contribution in [0.15, 0.2) is 0 Å². The van der Waals surface area contributed by atoms with Crippen molar-refractivity contribution in [3.8, 4) is 0 Å². The van der Waals surface area contributed by atoms with E-state index in [2.05, 4.69) is 10.6 Å². The average molecular weight is 224 g/mol. The van der Waals surface area contributed by atoms with Gasteiger partial charge in [-0.15, -0.1) is 0 Å². The Kier molecular flexibility index (Phi) is 4.64. The summed E-state index contributed by atoms with van der Waals surface area (Å²) in [6, 6.07) is 0. The Labute approximate surface area is 98.4 Å². The van der Waals surface area contributed by atoms with E-state index in [1.54, 1.807) is 0 Å². The van der Waals surface area contributed by atoms with Gasteiger partial charge in [-0.1, -0.05) is 32.1 Å². The third-order valence-corrected chi connectivity index (χ3v) is 3.96. The van der Waals surface area contributed by atoms with E-state index in [9.17, 15) is 4.79 Å². The van der Waals surface area contributed by atoms with Crippen LogP contribution in [-0.2, 0) is 4.79 Å². The molecule has 2 N–H and O–H groups in total. The molecule has 0 aromatic carbocycles. The Morgan fingerprint density at radius 2 is 1.88 bits per heavy atom. The molecule has 2 fully saturated rings. The maximum Gasteiger partial charge on any atom is 0.220 e. The van der Waals surface area contributed by atoms with Crippen molar-refractivity contribution < 1.29 is 4.79 Å². The Bertz CT molecular complexity index is 220. The molecule has 0 aromatic heterocycles. The maximum atomic E-state index is 11.6. The minimum absolute atomic E-state index is 0.262. The third kappa shape index (κ3) is 3.78. The highest BCUT2D eigenvalue weighted by Gasteiger charge is 2.18. The third-order valence-electron chi connectivity index (χ3n) is 3.96. The van der Waals surface area contributed by atoms with Crippen LogP contribution in [0, 0.1) is 11.8 Å². The maximum absolute atomic E-state index is 11.6. The minimum atomic E-state index is 0.262. The first kappa shape index (κ1) is 11.9. The first-order valence-electron chi connectivity index (χ1n) is 6.82. The molecule has 92 valence electrons. The lowest BCUT2D eigenvalue weighted by atomic mass is 9.86. The Hall–Kier alpha value is -0.570. The summed E-state index contributed by atoms with van der Waals surface area (Å²) in [5.41, 5.74) is 0. The van der Waals surface area contributed by atoms with E-state index in [1.807, 2.05) is 0 Å². The molecule has 1 aliphatic heterocycles. The first-order valence-corrected chi connectivity index (χ1v) is 6.82. The Balaban J connectivity index is 1.52. The molecule has 0 aromatic rings. The van der Waals surface area contributed by atoms with Gasteiger partial charge in [0.1, 0.15) is 0 Å². The van der Waals surface area contributed by atoms with Gasteiger partial charge in [-0.05, 0) is 12.3 Å². The van der Waals surface area contributed by atoms with Crippen LogP contribution in [-0.4, -0.2) is 25.5 Å². The number of nitrogens with one attached hydrogen (secondary N) is 2. The quantitative estimate of drug-likeness (QED) is 0.746. The van der Waals surface area contributed by atoms with Gasteiger partial charge in [-0.25, -0.2) is 0 Å². The van der Waals surface area contributed by atoms with E-state index in [0.717, 1.165) is 38.4 Å². The molecule has 16 heavy (non-hydrogen) atoms. The van der Waals surface area contributed by atoms with Gasteiger partial charge in [-0.2, -0.15) is 0 Å². The SMILES string of the molecule is O=C(CCC1CCCCC1)NCC1CNC1. The van der Waals surface area contributed by atoms with Crippen molar-refractivity contribution >= 4 is 5.91 Å². The topological polar surface area (TPSA) is 41.1 Å². The van der Waals surface area contributed by atoms with E-state index in [1.165, 1.54) is 32.1 Å². The molecule has 0 bridgehead atoms. The molecule has 2 rings (SSSR count). The summed E-state index contributed by atoms with van der Waals surface area (Å²) < 4.78 is 0. The molecule has 3 heteroatoms. The van der Waals surface area contributed by atoms with Gasteiger partial charge in [0, 0.05) is 32.0 Å². The summed E-state index contributed by atoms with van der Waals surface area (Å²) >= 11 is 0. The zero-order chi connectivity index (χ0) is 11.2. The monoisotopic (exact) mass is 224 g/mol. The molecule has 3 nitrogen and oxygen atoms in total. The highest BCUT2D eigenvalue weighted by Crippen LogP contribution is 2.27. The summed E-state index contributed by atoms with van der Waals surface area (Å²) in [5, 5.41) is 6.26. The van der Waals surface area contributed by atoms with Gasteiger partial charge in [0.2, 0.25) is 5.91 Å². The summed E-state index contributed by atoms with van der Waals surface area (Å²) in [7, 11) is 0. The predicted octanol–water partition coefficient (Wildman–Crippen LogP) is 1.68. The smallest absolute Gasteiger partial charge is 0.220 e. The molecule has 0 radical (unpaired) electrons. The molecule has 0 spiro atoms. The van der Waals surface area contributed by atoms with Crippen molar-refractivity contribution in [1.29, 1.82) is 0 Å². The predicted molar refractivity (Wildman–Crippen MR) is 65.2 cm³/mol. The van der Waals surface area contributed by atoms with E-state index >= 15 is 0 Å². The van der Waals surface area contributed by atoms with Gasteiger partial charge in [0.05, 0.1) is 0 Å². The van der Waals surface area contributed by atoms with Crippen molar-refractivity contribution in [2.75, 3.05) is 19.6 Å². The van der Waals surface area contributed by atoms with Crippen LogP contribution in [0.1, 0.15) is 44.9 Å². The van der Waals surface area contributed by atoms with Crippen LogP contribution < -0.4 is 10.6 Å². The molecular formula is C13H24N2O. The van der Waals surface area contributed by atoms with Gasteiger partial charge < -0.3 is 10.6 Å². The molecule has 0 atom stereocenters. The summed E-state index contributed by atoms with van der Waals surface area (Å²) in [6.45, 7) is 3.02. The van der Waals surface area contributed by atoms with Crippen LogP contribution >= 0.6 is 0 Å². The van der Waals surface area contributed by atoms with Crippen molar-refractivity contribution in [3.05, 3.63) is 0 Å².